The molecule has 0 aliphatic carbocycles. The highest BCUT2D eigenvalue weighted by atomic mass is 32.1. The van der Waals surface area contributed by atoms with Crippen molar-refractivity contribution < 1.29 is 9.13 Å². The molecule has 10 heteroatoms. The molecule has 4 aromatic rings. The Hall–Kier alpha value is -3.70. The summed E-state index contributed by atoms with van der Waals surface area (Å²) in [6.45, 7) is 9.28. The molecule has 0 bridgehead atoms. The van der Waals surface area contributed by atoms with Crippen LogP contribution in [-0.2, 0) is 13.1 Å². The summed E-state index contributed by atoms with van der Waals surface area (Å²) in [5, 5.41) is 13.1. The van der Waals surface area contributed by atoms with E-state index >= 15 is 0 Å². The number of hydrazone groups is 2. The number of benzene rings is 2. The predicted molar refractivity (Wildman–Crippen MR) is 210 cm³/mol. The fourth-order valence-electron chi connectivity index (χ4n) is 4.60. The lowest BCUT2D eigenvalue weighted by Crippen LogP contribution is -2.42. The van der Waals surface area contributed by atoms with Crippen molar-refractivity contribution in [2.45, 2.75) is 38.2 Å². The molecule has 0 aliphatic rings. The zero-order valence-corrected chi connectivity index (χ0v) is 31.2. The van der Waals surface area contributed by atoms with Gasteiger partial charge in [-0.25, -0.2) is 9.13 Å². The number of aromatic nitrogens is 2. The molecule has 2 atom stereocenters. The van der Waals surface area contributed by atoms with Crippen molar-refractivity contribution in [2.24, 2.45) is 10.2 Å². The Morgan fingerprint density at radius 2 is 1.06 bits per heavy atom. The van der Waals surface area contributed by atoms with Crippen molar-refractivity contribution in [1.82, 2.24) is 9.80 Å². The van der Waals surface area contributed by atoms with Crippen LogP contribution in [0.1, 0.15) is 25.0 Å². The molecular formula is C38H54N8S2+2. The first kappa shape index (κ1) is 38.7. The Balaban J connectivity index is 0.000000260. The summed E-state index contributed by atoms with van der Waals surface area (Å²) >= 11 is 8.78. The summed E-state index contributed by atoms with van der Waals surface area (Å²) in [4.78, 5) is 4.62. The largest absolute Gasteiger partial charge is 0.299 e. The topological polar surface area (TPSA) is 45.4 Å². The number of anilines is 2. The third kappa shape index (κ3) is 14.6. The monoisotopic (exact) mass is 686 g/mol. The molecule has 0 radical (unpaired) electrons. The van der Waals surface area contributed by atoms with Gasteiger partial charge in [-0.2, -0.15) is 35.5 Å². The quantitative estimate of drug-likeness (QED) is 0.0719. The summed E-state index contributed by atoms with van der Waals surface area (Å²) in [7, 11) is 8.18. The van der Waals surface area contributed by atoms with Crippen molar-refractivity contribution in [3.05, 3.63) is 121 Å². The van der Waals surface area contributed by atoms with Gasteiger partial charge in [-0.1, -0.05) is 43.3 Å². The second-order valence-corrected chi connectivity index (χ2v) is 13.3. The lowest BCUT2D eigenvalue weighted by atomic mass is 10.3. The molecule has 0 N–H and O–H groups in total. The zero-order valence-electron chi connectivity index (χ0n) is 29.4. The van der Waals surface area contributed by atoms with E-state index in [1.807, 2.05) is 97.2 Å². The Morgan fingerprint density at radius 3 is 1.46 bits per heavy atom. The smallest absolute Gasteiger partial charge is 0.169 e. The Morgan fingerprint density at radius 1 is 0.646 bits per heavy atom. The molecule has 4 rings (SSSR count). The van der Waals surface area contributed by atoms with Crippen LogP contribution in [-0.4, -0.2) is 87.1 Å². The maximum Gasteiger partial charge on any atom is 0.169 e. The predicted octanol–water partition coefficient (Wildman–Crippen LogP) is 5.39. The maximum atomic E-state index is 4.49. The Bertz CT molecular complexity index is 1480. The summed E-state index contributed by atoms with van der Waals surface area (Å²) in [6.07, 6.45) is 12.2. The molecule has 256 valence electrons. The second kappa shape index (κ2) is 21.3. The first-order valence-electron chi connectivity index (χ1n) is 16.5. The second-order valence-electron chi connectivity index (χ2n) is 12.1. The molecule has 0 aliphatic heterocycles. The number of pyridine rings is 2. The van der Waals surface area contributed by atoms with Gasteiger partial charge in [0, 0.05) is 73.1 Å². The number of rotatable bonds is 16. The number of hydrogen-bond donors (Lipinski definition) is 2. The van der Waals surface area contributed by atoms with E-state index in [-0.39, 0.29) is 0 Å². The van der Waals surface area contributed by atoms with Crippen LogP contribution in [0, 0.1) is 0 Å². The minimum Gasteiger partial charge on any atom is -0.299 e. The number of hydrogen-bond acceptors (Lipinski definition) is 8. The van der Waals surface area contributed by atoms with Crippen LogP contribution in [0.2, 0.25) is 0 Å². The van der Waals surface area contributed by atoms with Crippen LogP contribution < -0.4 is 19.2 Å². The van der Waals surface area contributed by atoms with Gasteiger partial charge in [0.25, 0.3) is 0 Å². The maximum absolute atomic E-state index is 4.49. The standard InChI is InChI=1S/2C19H26N4S/c1-17(16-24)21(2)13-14-23-11-9-18(10-12-23)15-20-22(3)19-7-5-4-6-8-19;1-17(24)16-21(2)13-14-23-11-9-18(10-12-23)15-20-22(3)19-7-5-4-6-8-19/h2*4-12,15,17H,13-14,16H2,1-3H3/p+2. The van der Waals surface area contributed by atoms with Gasteiger partial charge >= 0.3 is 0 Å². The van der Waals surface area contributed by atoms with Crippen LogP contribution >= 0.6 is 25.3 Å². The van der Waals surface area contributed by atoms with E-state index in [1.54, 1.807) is 0 Å². The highest BCUT2D eigenvalue weighted by Crippen LogP contribution is 2.12. The lowest BCUT2D eigenvalue weighted by molar-refractivity contribution is -0.696. The van der Waals surface area contributed by atoms with E-state index in [2.05, 4.69) is 131 Å². The van der Waals surface area contributed by atoms with Crippen LogP contribution in [0.15, 0.2) is 120 Å². The van der Waals surface area contributed by atoms with Gasteiger partial charge in [0.05, 0.1) is 36.9 Å². The summed E-state index contributed by atoms with van der Waals surface area (Å²) in [5.41, 5.74) is 4.32. The first-order valence-corrected chi connectivity index (χ1v) is 17.6. The van der Waals surface area contributed by atoms with Crippen molar-refractivity contribution >= 4 is 49.1 Å². The number of para-hydroxylation sites is 2. The van der Waals surface area contributed by atoms with Gasteiger partial charge < -0.3 is 0 Å². The van der Waals surface area contributed by atoms with E-state index in [0.29, 0.717) is 11.3 Å². The number of thiol groups is 2. The minimum atomic E-state index is 0.403. The van der Waals surface area contributed by atoms with Gasteiger partial charge in [0.1, 0.15) is 0 Å². The summed E-state index contributed by atoms with van der Waals surface area (Å²) in [6, 6.07) is 29.1. The molecular weight excluding hydrogens is 633 g/mol. The molecule has 0 saturated carbocycles. The van der Waals surface area contributed by atoms with Crippen LogP contribution in [0.3, 0.4) is 0 Å². The van der Waals surface area contributed by atoms with Gasteiger partial charge in [0.15, 0.2) is 37.9 Å². The average Bonchev–Trinajstić information content (AvgIpc) is 3.12. The van der Waals surface area contributed by atoms with Gasteiger partial charge in [-0.15, -0.1) is 0 Å². The van der Waals surface area contributed by atoms with E-state index in [0.717, 1.165) is 61.0 Å². The fraction of sp³-hybridized carbons (Fsp3) is 0.368. The van der Waals surface area contributed by atoms with Gasteiger partial charge in [0.2, 0.25) is 0 Å². The van der Waals surface area contributed by atoms with Gasteiger partial charge in [-0.3, -0.25) is 19.8 Å². The lowest BCUT2D eigenvalue weighted by Gasteiger charge is -2.21. The molecule has 0 amide bonds. The molecule has 2 unspecified atom stereocenters. The van der Waals surface area contributed by atoms with E-state index in [9.17, 15) is 0 Å². The molecule has 2 aromatic heterocycles. The van der Waals surface area contributed by atoms with Crippen molar-refractivity contribution in [3.8, 4) is 0 Å². The van der Waals surface area contributed by atoms with E-state index < -0.39 is 0 Å². The minimum absolute atomic E-state index is 0.403. The number of likely N-dealkylation sites (N-methyl/N-ethyl adjacent to an activating group) is 2. The van der Waals surface area contributed by atoms with E-state index in [4.69, 9.17) is 0 Å². The highest BCUT2D eigenvalue weighted by Gasteiger charge is 2.10. The average molecular weight is 687 g/mol. The molecule has 0 fully saturated rings. The van der Waals surface area contributed by atoms with Crippen molar-refractivity contribution in [1.29, 1.82) is 0 Å². The molecule has 8 nitrogen and oxygen atoms in total. The Labute approximate surface area is 299 Å². The first-order chi connectivity index (χ1) is 23.1. The van der Waals surface area contributed by atoms with Crippen molar-refractivity contribution in [2.75, 3.05) is 63.6 Å². The number of nitrogens with zero attached hydrogens (tertiary/aromatic N) is 8. The van der Waals surface area contributed by atoms with Crippen molar-refractivity contribution in [3.63, 3.8) is 0 Å². The SMILES string of the molecule is CC(CS)N(C)CC[n+]1ccc(/C=N/N(C)c2ccccc2)cc1.CC(S)CN(C)CC[n+]1ccc(/C=N/N(C)c2ccccc2)cc1. The third-order valence-electron chi connectivity index (χ3n) is 7.90. The molecule has 0 saturated heterocycles. The van der Waals surface area contributed by atoms with Gasteiger partial charge in [-0.05, 0) is 45.3 Å². The van der Waals surface area contributed by atoms with E-state index in [1.165, 1.54) is 0 Å². The molecule has 2 aromatic carbocycles. The van der Waals surface area contributed by atoms with Crippen LogP contribution in [0.4, 0.5) is 11.4 Å². The molecule has 2 heterocycles. The fourth-order valence-corrected chi connectivity index (χ4v) is 5.15. The molecule has 48 heavy (non-hydrogen) atoms. The van der Waals surface area contributed by atoms with Crippen LogP contribution in [0.25, 0.3) is 0 Å². The highest BCUT2D eigenvalue weighted by molar-refractivity contribution is 7.81. The molecule has 0 spiro atoms. The van der Waals surface area contributed by atoms with Crippen LogP contribution in [0.5, 0.6) is 0 Å². The zero-order chi connectivity index (χ0) is 34.7. The third-order valence-corrected chi connectivity index (χ3v) is 8.59. The summed E-state index contributed by atoms with van der Waals surface area (Å²) in [5.74, 6) is 0.880. The normalized spacial score (nSPS) is 12.7. The Kier molecular flexibility index (Phi) is 17.2. The summed E-state index contributed by atoms with van der Waals surface area (Å²) < 4.78 is 4.39.